The number of nitrogens with zero attached hydrogens (tertiary/aromatic N) is 1. The van der Waals surface area contributed by atoms with Gasteiger partial charge >= 0.3 is 0 Å². The smallest absolute Gasteiger partial charge is 0.239 e. The van der Waals surface area contributed by atoms with Gasteiger partial charge in [-0.3, -0.25) is 4.79 Å². The van der Waals surface area contributed by atoms with E-state index in [1.165, 1.54) is 5.56 Å². The second kappa shape index (κ2) is 9.51. The van der Waals surface area contributed by atoms with Crippen LogP contribution in [0.4, 0.5) is 5.69 Å². The number of nitrogens with one attached hydrogen (secondary N) is 2. The van der Waals surface area contributed by atoms with Crippen LogP contribution >= 0.6 is 0 Å². The minimum Gasteiger partial charge on any atom is -0.493 e. The first-order valence-electron chi connectivity index (χ1n) is 11.6. The molecule has 6 nitrogen and oxygen atoms in total. The molecule has 6 heteroatoms. The van der Waals surface area contributed by atoms with Crippen LogP contribution in [0.3, 0.4) is 0 Å². The summed E-state index contributed by atoms with van der Waals surface area (Å²) < 4.78 is 11.3. The van der Waals surface area contributed by atoms with Crippen molar-refractivity contribution < 1.29 is 14.3 Å². The summed E-state index contributed by atoms with van der Waals surface area (Å²) in [6.45, 7) is 1.65. The number of rotatable bonds is 8. The Hall–Kier alpha value is -3.93. The lowest BCUT2D eigenvalue weighted by molar-refractivity contribution is -0.119. The third kappa shape index (κ3) is 4.07. The van der Waals surface area contributed by atoms with E-state index >= 15 is 0 Å². The molecule has 0 saturated carbocycles. The minimum absolute atomic E-state index is 0.00315. The summed E-state index contributed by atoms with van der Waals surface area (Å²) in [6, 6.07) is 22.4. The lowest BCUT2D eigenvalue weighted by atomic mass is 9.90. The monoisotopic (exact) mass is 455 g/mol. The molecular weight excluding hydrogens is 426 g/mol. The minimum atomic E-state index is -0.115. The number of carbonyl (C=O) groups is 1. The number of hydrogen-bond acceptors (Lipinski definition) is 4. The molecule has 0 spiro atoms. The van der Waals surface area contributed by atoms with Gasteiger partial charge in [0.15, 0.2) is 11.5 Å². The summed E-state index contributed by atoms with van der Waals surface area (Å²) in [6.07, 6.45) is 3.00. The first kappa shape index (κ1) is 21.9. The molecule has 2 N–H and O–H groups in total. The van der Waals surface area contributed by atoms with E-state index in [0.29, 0.717) is 24.6 Å². The van der Waals surface area contributed by atoms with Crippen LogP contribution in [0.2, 0.25) is 0 Å². The van der Waals surface area contributed by atoms with Gasteiger partial charge in [0.05, 0.1) is 20.8 Å². The van der Waals surface area contributed by atoms with Gasteiger partial charge in [0.25, 0.3) is 0 Å². The molecule has 1 aliphatic rings. The molecule has 1 aromatic heterocycles. The van der Waals surface area contributed by atoms with Gasteiger partial charge in [-0.2, -0.15) is 0 Å². The first-order chi connectivity index (χ1) is 16.7. The number of amides is 1. The van der Waals surface area contributed by atoms with Gasteiger partial charge in [-0.1, -0.05) is 48.5 Å². The van der Waals surface area contributed by atoms with Crippen molar-refractivity contribution in [1.82, 2.24) is 10.3 Å². The Bertz CT molecular complexity index is 1310. The molecule has 174 valence electrons. The lowest BCUT2D eigenvalue weighted by Crippen LogP contribution is -2.38. The van der Waals surface area contributed by atoms with E-state index < -0.39 is 0 Å². The zero-order valence-corrected chi connectivity index (χ0v) is 19.5. The Morgan fingerprint density at radius 3 is 2.68 bits per heavy atom. The Morgan fingerprint density at radius 1 is 1.00 bits per heavy atom. The van der Waals surface area contributed by atoms with E-state index in [0.717, 1.165) is 40.7 Å². The van der Waals surface area contributed by atoms with Crippen LogP contribution in [0.15, 0.2) is 72.9 Å². The molecule has 2 heterocycles. The predicted octanol–water partition coefficient (Wildman–Crippen LogP) is 4.50. The molecule has 1 amide bonds. The zero-order valence-electron chi connectivity index (χ0n) is 19.5. The average Bonchev–Trinajstić information content (AvgIpc) is 3.48. The Labute approximate surface area is 199 Å². The van der Waals surface area contributed by atoms with E-state index in [9.17, 15) is 4.79 Å². The van der Waals surface area contributed by atoms with Crippen molar-refractivity contribution in [3.8, 4) is 11.5 Å². The van der Waals surface area contributed by atoms with E-state index in [1.54, 1.807) is 14.2 Å². The normalized spacial score (nSPS) is 13.5. The van der Waals surface area contributed by atoms with Crippen LogP contribution in [0, 0.1) is 0 Å². The highest BCUT2D eigenvalue weighted by Gasteiger charge is 2.25. The molecule has 1 atom stereocenters. The summed E-state index contributed by atoms with van der Waals surface area (Å²) in [5.41, 5.74) is 5.59. The van der Waals surface area contributed by atoms with Gasteiger partial charge in [0, 0.05) is 47.4 Å². The fourth-order valence-corrected chi connectivity index (χ4v) is 4.97. The molecule has 5 rings (SSSR count). The van der Waals surface area contributed by atoms with Crippen molar-refractivity contribution in [2.24, 2.45) is 0 Å². The number of carbonyl (C=O) groups excluding carboxylic acids is 1. The number of H-pyrrole nitrogens is 1. The largest absolute Gasteiger partial charge is 0.493 e. The second-order valence-corrected chi connectivity index (χ2v) is 8.53. The van der Waals surface area contributed by atoms with Crippen LogP contribution in [-0.4, -0.2) is 44.7 Å². The van der Waals surface area contributed by atoms with Crippen LogP contribution < -0.4 is 19.7 Å². The van der Waals surface area contributed by atoms with Crippen molar-refractivity contribution in [3.63, 3.8) is 0 Å². The van der Waals surface area contributed by atoms with Gasteiger partial charge in [-0.05, 0) is 35.7 Å². The summed E-state index contributed by atoms with van der Waals surface area (Å²) >= 11 is 0. The summed E-state index contributed by atoms with van der Waals surface area (Å²) in [4.78, 5) is 18.6. The topological polar surface area (TPSA) is 66.6 Å². The standard InChI is InChI=1S/C28H29N3O3/c1-33-26-13-7-10-21(28(26)34-2)23(22-16-29-24-11-5-4-9-20(22)24)17-30-27(32)18-31-15-14-19-8-3-6-12-25(19)31/h3-13,16,23,29H,14-15,17-18H2,1-2H3,(H,30,32). The number of aromatic nitrogens is 1. The third-order valence-electron chi connectivity index (χ3n) is 6.63. The number of ether oxygens (including phenoxy) is 2. The summed E-state index contributed by atoms with van der Waals surface area (Å²) in [5, 5.41) is 4.31. The fourth-order valence-electron chi connectivity index (χ4n) is 4.97. The van der Waals surface area contributed by atoms with Gasteiger partial charge in [0.2, 0.25) is 5.91 Å². The predicted molar refractivity (Wildman–Crippen MR) is 135 cm³/mol. The maximum Gasteiger partial charge on any atom is 0.239 e. The van der Waals surface area contributed by atoms with Crippen molar-refractivity contribution in [2.45, 2.75) is 12.3 Å². The number of para-hydroxylation sites is 3. The molecule has 4 aromatic rings. The molecule has 3 aromatic carbocycles. The fraction of sp³-hybridized carbons (Fsp3) is 0.250. The molecule has 34 heavy (non-hydrogen) atoms. The summed E-state index contributed by atoms with van der Waals surface area (Å²) in [5.74, 6) is 1.24. The van der Waals surface area contributed by atoms with Crippen molar-refractivity contribution in [3.05, 3.63) is 89.6 Å². The van der Waals surface area contributed by atoms with Crippen LogP contribution in [0.1, 0.15) is 22.6 Å². The maximum atomic E-state index is 13.0. The molecule has 0 fully saturated rings. The molecule has 0 bridgehead atoms. The van der Waals surface area contributed by atoms with Crippen LogP contribution in [0.25, 0.3) is 10.9 Å². The van der Waals surface area contributed by atoms with Gasteiger partial charge < -0.3 is 24.7 Å². The first-order valence-corrected chi connectivity index (χ1v) is 11.6. The number of anilines is 1. The number of aromatic amines is 1. The summed E-state index contributed by atoms with van der Waals surface area (Å²) in [7, 11) is 3.29. The van der Waals surface area contributed by atoms with Gasteiger partial charge in [0.1, 0.15) is 0 Å². The highest BCUT2D eigenvalue weighted by molar-refractivity contribution is 5.85. The SMILES string of the molecule is COc1cccc(C(CNC(=O)CN2CCc3ccccc32)c2c[nH]c3ccccc23)c1OC. The quantitative estimate of drug-likeness (QED) is 0.411. The highest BCUT2D eigenvalue weighted by atomic mass is 16.5. The zero-order chi connectivity index (χ0) is 23.5. The van der Waals surface area contributed by atoms with Crippen molar-refractivity contribution in [2.75, 3.05) is 38.8 Å². The molecule has 0 radical (unpaired) electrons. The maximum absolute atomic E-state index is 13.0. The Balaban J connectivity index is 1.42. The molecule has 0 saturated heterocycles. The van der Waals surface area contributed by atoms with Gasteiger partial charge in [-0.25, -0.2) is 0 Å². The number of fused-ring (bicyclic) bond motifs is 2. The Morgan fingerprint density at radius 2 is 1.82 bits per heavy atom. The second-order valence-electron chi connectivity index (χ2n) is 8.53. The molecule has 1 unspecified atom stereocenters. The van der Waals surface area contributed by atoms with E-state index in [4.69, 9.17) is 9.47 Å². The highest BCUT2D eigenvalue weighted by Crippen LogP contribution is 2.40. The molecular formula is C28H29N3O3. The van der Waals surface area contributed by atoms with Crippen LogP contribution in [0.5, 0.6) is 11.5 Å². The van der Waals surface area contributed by atoms with Crippen molar-refractivity contribution >= 4 is 22.5 Å². The van der Waals surface area contributed by atoms with E-state index in [-0.39, 0.29) is 11.8 Å². The molecule has 1 aliphatic heterocycles. The number of benzene rings is 3. The molecule has 0 aliphatic carbocycles. The average molecular weight is 456 g/mol. The van der Waals surface area contributed by atoms with Gasteiger partial charge in [-0.15, -0.1) is 0 Å². The third-order valence-corrected chi connectivity index (χ3v) is 6.63. The lowest BCUT2D eigenvalue weighted by Gasteiger charge is -2.23. The van der Waals surface area contributed by atoms with Crippen molar-refractivity contribution in [1.29, 1.82) is 0 Å². The van der Waals surface area contributed by atoms with Crippen LogP contribution in [-0.2, 0) is 11.2 Å². The number of hydrogen-bond donors (Lipinski definition) is 2. The number of methoxy groups -OCH3 is 2. The Kier molecular flexibility index (Phi) is 6.12. The van der Waals surface area contributed by atoms with E-state index in [1.807, 2.05) is 42.6 Å². The van der Waals surface area contributed by atoms with E-state index in [2.05, 4.69) is 45.5 Å².